The lowest BCUT2D eigenvalue weighted by Crippen LogP contribution is -2.33. The molecule has 1 amide bonds. The van der Waals surface area contributed by atoms with Gasteiger partial charge in [0, 0.05) is 13.1 Å². The molecule has 0 fully saturated rings. The summed E-state index contributed by atoms with van der Waals surface area (Å²) in [5.41, 5.74) is 13.1. The van der Waals surface area contributed by atoms with E-state index in [1.54, 1.807) is 0 Å². The van der Waals surface area contributed by atoms with Crippen LogP contribution in [0.3, 0.4) is 0 Å². The van der Waals surface area contributed by atoms with E-state index in [2.05, 4.69) is 54.0 Å². The second kappa shape index (κ2) is 7.87. The minimum absolute atomic E-state index is 0.0828. The number of nitrogens with one attached hydrogen (secondary N) is 2. The number of nitrogens with two attached hydrogens (primary N) is 1. The van der Waals surface area contributed by atoms with Gasteiger partial charge in [-0.25, -0.2) is 0 Å². The molecular weight excluding hydrogens is 346 g/mol. The molecule has 1 aliphatic heterocycles. The van der Waals surface area contributed by atoms with E-state index in [-0.39, 0.29) is 6.04 Å². The monoisotopic (exact) mass is 371 g/mol. The summed E-state index contributed by atoms with van der Waals surface area (Å²) < 4.78 is 0. The highest BCUT2D eigenvalue weighted by atomic mass is 16.1. The lowest BCUT2D eigenvalue weighted by Gasteiger charge is -2.30. The van der Waals surface area contributed by atoms with E-state index in [9.17, 15) is 4.79 Å². The largest absolute Gasteiger partial charge is 0.376 e. The van der Waals surface area contributed by atoms with Gasteiger partial charge in [-0.3, -0.25) is 4.79 Å². The van der Waals surface area contributed by atoms with Gasteiger partial charge in [-0.05, 0) is 40.3 Å². The molecule has 0 aliphatic carbocycles. The maximum Gasteiger partial charge on any atom is 0.250 e. The maximum absolute atomic E-state index is 12.2. The van der Waals surface area contributed by atoms with E-state index < -0.39 is 5.91 Å². The van der Waals surface area contributed by atoms with Crippen molar-refractivity contribution in [1.82, 2.24) is 5.32 Å². The van der Waals surface area contributed by atoms with Crippen molar-refractivity contribution in [2.75, 3.05) is 11.9 Å². The molecule has 4 nitrogen and oxygen atoms in total. The zero-order valence-electron chi connectivity index (χ0n) is 16.0. The minimum atomic E-state index is -0.408. The molecule has 0 bridgehead atoms. The number of anilines is 1. The topological polar surface area (TPSA) is 67.2 Å². The molecule has 0 saturated heterocycles. The Bertz CT molecular complexity index is 998. The Labute approximate surface area is 165 Å². The van der Waals surface area contributed by atoms with E-state index in [1.165, 1.54) is 11.1 Å². The molecule has 28 heavy (non-hydrogen) atoms. The van der Waals surface area contributed by atoms with Crippen LogP contribution in [0.5, 0.6) is 0 Å². The molecular formula is C24H25N3O. The van der Waals surface area contributed by atoms with Crippen LogP contribution in [-0.4, -0.2) is 12.5 Å². The first-order valence-electron chi connectivity index (χ1n) is 9.75. The average Bonchev–Trinajstić information content (AvgIpc) is 2.74. The summed E-state index contributed by atoms with van der Waals surface area (Å²) >= 11 is 0. The third kappa shape index (κ3) is 3.39. The smallest absolute Gasteiger partial charge is 0.250 e. The fourth-order valence-electron chi connectivity index (χ4n) is 4.07. The Balaban J connectivity index is 1.82. The zero-order chi connectivity index (χ0) is 19.5. The van der Waals surface area contributed by atoms with Crippen molar-refractivity contribution in [2.45, 2.75) is 25.9 Å². The number of fused-ring (bicyclic) bond motifs is 1. The zero-order valence-corrected chi connectivity index (χ0v) is 16.0. The highest BCUT2D eigenvalue weighted by molar-refractivity contribution is 6.00. The third-order valence-electron chi connectivity index (χ3n) is 5.43. The molecule has 4 rings (SSSR count). The average molecular weight is 371 g/mol. The van der Waals surface area contributed by atoms with Crippen LogP contribution in [0.25, 0.3) is 11.1 Å². The van der Waals surface area contributed by atoms with Gasteiger partial charge >= 0.3 is 0 Å². The van der Waals surface area contributed by atoms with Crippen molar-refractivity contribution >= 4 is 11.6 Å². The second-order valence-corrected chi connectivity index (χ2v) is 7.12. The predicted molar refractivity (Wildman–Crippen MR) is 114 cm³/mol. The Morgan fingerprint density at radius 3 is 2.57 bits per heavy atom. The number of benzene rings is 3. The van der Waals surface area contributed by atoms with Crippen molar-refractivity contribution in [1.29, 1.82) is 0 Å². The Hall–Kier alpha value is -3.11. The van der Waals surface area contributed by atoms with E-state index in [4.69, 9.17) is 5.73 Å². The minimum Gasteiger partial charge on any atom is -0.376 e. The van der Waals surface area contributed by atoms with Gasteiger partial charge < -0.3 is 16.4 Å². The van der Waals surface area contributed by atoms with Crippen LogP contribution in [-0.2, 0) is 13.0 Å². The normalized spacial score (nSPS) is 15.7. The fourth-order valence-corrected chi connectivity index (χ4v) is 4.07. The van der Waals surface area contributed by atoms with Crippen molar-refractivity contribution in [2.24, 2.45) is 5.73 Å². The molecule has 0 saturated carbocycles. The summed E-state index contributed by atoms with van der Waals surface area (Å²) in [4.78, 5) is 12.2. The number of carbonyl (C=O) groups is 1. The molecule has 1 aliphatic rings. The summed E-state index contributed by atoms with van der Waals surface area (Å²) in [6, 6.07) is 22.6. The Kier molecular flexibility index (Phi) is 5.13. The van der Waals surface area contributed by atoms with Gasteiger partial charge in [0.05, 0.1) is 17.3 Å². The van der Waals surface area contributed by atoms with Crippen molar-refractivity contribution < 1.29 is 4.79 Å². The van der Waals surface area contributed by atoms with Crippen molar-refractivity contribution in [3.63, 3.8) is 0 Å². The summed E-state index contributed by atoms with van der Waals surface area (Å²) in [6.07, 6.45) is 0.801. The van der Waals surface area contributed by atoms with Gasteiger partial charge in [-0.1, -0.05) is 67.6 Å². The van der Waals surface area contributed by atoms with Gasteiger partial charge in [0.25, 0.3) is 5.91 Å². The van der Waals surface area contributed by atoms with Crippen LogP contribution < -0.4 is 16.4 Å². The lowest BCUT2D eigenvalue weighted by molar-refractivity contribution is 0.100. The van der Waals surface area contributed by atoms with E-state index >= 15 is 0 Å². The summed E-state index contributed by atoms with van der Waals surface area (Å²) in [7, 11) is 0. The van der Waals surface area contributed by atoms with Gasteiger partial charge in [-0.2, -0.15) is 0 Å². The molecule has 3 aromatic carbocycles. The van der Waals surface area contributed by atoms with E-state index in [0.29, 0.717) is 5.56 Å². The van der Waals surface area contributed by atoms with Crippen LogP contribution in [0.15, 0.2) is 66.7 Å². The maximum atomic E-state index is 12.2. The third-order valence-corrected chi connectivity index (χ3v) is 5.43. The van der Waals surface area contributed by atoms with Crippen molar-refractivity contribution in [3.8, 4) is 11.1 Å². The first-order chi connectivity index (χ1) is 13.7. The highest BCUT2D eigenvalue weighted by Crippen LogP contribution is 2.35. The van der Waals surface area contributed by atoms with Gasteiger partial charge in [0.2, 0.25) is 0 Å². The van der Waals surface area contributed by atoms with Crippen molar-refractivity contribution in [3.05, 3.63) is 89.0 Å². The van der Waals surface area contributed by atoms with Crippen LogP contribution in [0, 0.1) is 0 Å². The fraction of sp³-hybridized carbons (Fsp3) is 0.208. The summed E-state index contributed by atoms with van der Waals surface area (Å²) in [6.45, 7) is 3.78. The summed E-state index contributed by atoms with van der Waals surface area (Å²) in [5, 5.41) is 7.12. The van der Waals surface area contributed by atoms with Gasteiger partial charge in [0.1, 0.15) is 0 Å². The molecule has 1 atom stereocenters. The molecule has 0 radical (unpaired) electrons. The number of primary amides is 1. The number of hydrogen-bond acceptors (Lipinski definition) is 3. The SMILES string of the molecule is CCc1c(-c2ccccc2)ccc(C(N)=O)c1NC1CNCc2ccccc21. The lowest BCUT2D eigenvalue weighted by atomic mass is 9.91. The number of rotatable bonds is 5. The molecule has 0 aromatic heterocycles. The number of carbonyl (C=O) groups excluding carboxylic acids is 1. The van der Waals surface area contributed by atoms with Crippen LogP contribution >= 0.6 is 0 Å². The van der Waals surface area contributed by atoms with Gasteiger partial charge in [0.15, 0.2) is 0 Å². The molecule has 1 heterocycles. The molecule has 4 heteroatoms. The van der Waals surface area contributed by atoms with E-state index in [0.717, 1.165) is 41.9 Å². The molecule has 1 unspecified atom stereocenters. The quantitative estimate of drug-likeness (QED) is 0.627. The molecule has 0 spiro atoms. The second-order valence-electron chi connectivity index (χ2n) is 7.12. The number of hydrogen-bond donors (Lipinski definition) is 3. The molecule has 142 valence electrons. The van der Waals surface area contributed by atoms with Crippen LogP contribution in [0.4, 0.5) is 5.69 Å². The number of amides is 1. The molecule has 3 aromatic rings. The van der Waals surface area contributed by atoms with Crippen LogP contribution in [0.2, 0.25) is 0 Å². The van der Waals surface area contributed by atoms with E-state index in [1.807, 2.05) is 30.3 Å². The first-order valence-corrected chi connectivity index (χ1v) is 9.75. The highest BCUT2D eigenvalue weighted by Gasteiger charge is 2.23. The van der Waals surface area contributed by atoms with Gasteiger partial charge in [-0.15, -0.1) is 0 Å². The first kappa shape index (κ1) is 18.3. The Morgan fingerprint density at radius 1 is 1.07 bits per heavy atom. The molecule has 4 N–H and O–H groups in total. The summed E-state index contributed by atoms with van der Waals surface area (Å²) in [5.74, 6) is -0.408. The van der Waals surface area contributed by atoms with Crippen LogP contribution in [0.1, 0.15) is 40.0 Å². The predicted octanol–water partition coefficient (Wildman–Crippen LogP) is 4.27. The standard InChI is InChI=1S/C24H25N3O/c1-2-18-19(16-8-4-3-5-9-16)12-13-21(24(25)28)23(18)27-22-15-26-14-17-10-6-7-11-20(17)22/h3-13,22,26-27H,2,14-15H2,1H3,(H2,25,28). The Morgan fingerprint density at radius 2 is 1.82 bits per heavy atom.